The van der Waals surface area contributed by atoms with Crippen LogP contribution < -0.4 is 5.32 Å². The van der Waals surface area contributed by atoms with Gasteiger partial charge in [0, 0.05) is 56.9 Å². The van der Waals surface area contributed by atoms with Crippen LogP contribution in [-0.2, 0) is 37.3 Å². The van der Waals surface area contributed by atoms with Crippen LogP contribution in [0.4, 0.5) is 5.69 Å². The molecule has 76 heavy (non-hydrogen) atoms. The third kappa shape index (κ3) is 11.0. The van der Waals surface area contributed by atoms with Gasteiger partial charge >= 0.3 is 0 Å². The summed E-state index contributed by atoms with van der Waals surface area (Å²) < 4.78 is 0. The second-order valence-electron chi connectivity index (χ2n) is 27.7. The van der Waals surface area contributed by atoms with E-state index in [9.17, 15) is 4.79 Å². The average Bonchev–Trinajstić information content (AvgIpc) is 4.16. The summed E-state index contributed by atoms with van der Waals surface area (Å²) in [7, 11) is 0. The van der Waals surface area contributed by atoms with Crippen molar-refractivity contribution < 1.29 is 4.79 Å². The maximum Gasteiger partial charge on any atom is 0.221 e. The molecule has 0 saturated heterocycles. The Balaban J connectivity index is 1.52. The molecule has 4 aromatic carbocycles. The molecular formula is C70H81N5O. The van der Waals surface area contributed by atoms with E-state index in [1.807, 2.05) is 12.1 Å². The van der Waals surface area contributed by atoms with Crippen molar-refractivity contribution in [1.29, 1.82) is 0 Å². The highest BCUT2D eigenvalue weighted by Crippen LogP contribution is 2.44. The number of aromatic nitrogens is 4. The molecule has 3 N–H and O–H groups in total. The van der Waals surface area contributed by atoms with E-state index in [1.54, 1.807) is 0 Å². The molecule has 2 aliphatic rings. The molecule has 1 amide bonds. The number of hydrogen-bond acceptors (Lipinski definition) is 3. The number of anilines is 1. The zero-order chi connectivity index (χ0) is 55.2. The van der Waals surface area contributed by atoms with E-state index in [0.29, 0.717) is 0 Å². The smallest absolute Gasteiger partial charge is 0.221 e. The first-order valence-corrected chi connectivity index (χ1v) is 27.3. The predicted molar refractivity (Wildman–Crippen MR) is 327 cm³/mol. The van der Waals surface area contributed by atoms with Gasteiger partial charge in [0.05, 0.1) is 22.8 Å². The van der Waals surface area contributed by atoms with E-state index in [-0.39, 0.29) is 38.4 Å². The minimum absolute atomic E-state index is 0.107. The van der Waals surface area contributed by atoms with Gasteiger partial charge in [-0.25, -0.2) is 9.97 Å². The summed E-state index contributed by atoms with van der Waals surface area (Å²) in [4.78, 5) is 31.8. The topological polar surface area (TPSA) is 86.5 Å². The minimum atomic E-state index is -0.113. The molecule has 6 nitrogen and oxygen atoms in total. The van der Waals surface area contributed by atoms with Crippen molar-refractivity contribution in [3.05, 3.63) is 159 Å². The van der Waals surface area contributed by atoms with Crippen molar-refractivity contribution in [3.8, 4) is 44.5 Å². The monoisotopic (exact) mass is 1010 g/mol. The zero-order valence-corrected chi connectivity index (χ0v) is 48.9. The minimum Gasteiger partial charge on any atom is -0.354 e. The Labute approximate surface area is 453 Å². The zero-order valence-electron chi connectivity index (χ0n) is 48.9. The molecule has 6 heteroatoms. The van der Waals surface area contributed by atoms with Gasteiger partial charge in [0.15, 0.2) is 0 Å². The summed E-state index contributed by atoms with van der Waals surface area (Å²) in [6, 6.07) is 38.4. The number of rotatable bonds is 5. The van der Waals surface area contributed by atoms with Gasteiger partial charge in [-0.1, -0.05) is 191 Å². The van der Waals surface area contributed by atoms with Crippen LogP contribution in [0.1, 0.15) is 188 Å². The third-order valence-corrected chi connectivity index (χ3v) is 15.1. The van der Waals surface area contributed by atoms with E-state index in [4.69, 9.17) is 9.97 Å². The van der Waals surface area contributed by atoms with Gasteiger partial charge in [0.1, 0.15) is 0 Å². The molecule has 0 radical (unpaired) electrons. The molecule has 2 aliphatic heterocycles. The van der Waals surface area contributed by atoms with Crippen molar-refractivity contribution in [1.82, 2.24) is 19.9 Å². The average molecular weight is 1010 g/mol. The number of nitrogens with one attached hydrogen (secondary N) is 3. The first-order valence-electron chi connectivity index (χ1n) is 27.3. The Kier molecular flexibility index (Phi) is 13.4. The molecule has 0 unspecified atom stereocenters. The number of carbonyl (C=O) groups is 1. The summed E-state index contributed by atoms with van der Waals surface area (Å²) in [5, 5.41) is 2.97. The normalized spacial score (nSPS) is 13.4. The van der Waals surface area contributed by atoms with E-state index in [1.165, 1.54) is 40.3 Å². The first kappa shape index (κ1) is 53.8. The van der Waals surface area contributed by atoms with Gasteiger partial charge in [-0.2, -0.15) is 0 Å². The maximum atomic E-state index is 12.2. The summed E-state index contributed by atoms with van der Waals surface area (Å²) in [5.74, 6) is -0.113. The summed E-state index contributed by atoms with van der Waals surface area (Å²) in [6.45, 7) is 42.9. The van der Waals surface area contributed by atoms with E-state index >= 15 is 0 Å². The number of H-pyrrole nitrogens is 2. The van der Waals surface area contributed by atoms with E-state index in [2.05, 4.69) is 255 Å². The molecule has 0 atom stereocenters. The Hall–Kier alpha value is -7.05. The molecular weight excluding hydrogens is 927 g/mol. The van der Waals surface area contributed by atoms with E-state index < -0.39 is 0 Å². The number of amides is 1. The van der Waals surface area contributed by atoms with Gasteiger partial charge in [0.25, 0.3) is 0 Å². The fourth-order valence-electron chi connectivity index (χ4n) is 10.3. The van der Waals surface area contributed by atoms with Crippen molar-refractivity contribution in [3.63, 3.8) is 0 Å². The second-order valence-corrected chi connectivity index (χ2v) is 27.7. The van der Waals surface area contributed by atoms with Gasteiger partial charge in [-0.05, 0) is 149 Å². The van der Waals surface area contributed by atoms with Crippen molar-refractivity contribution in [2.24, 2.45) is 0 Å². The molecule has 392 valence electrons. The van der Waals surface area contributed by atoms with Gasteiger partial charge < -0.3 is 15.3 Å². The Morgan fingerprint density at radius 2 is 0.579 bits per heavy atom. The van der Waals surface area contributed by atoms with Crippen LogP contribution in [-0.4, -0.2) is 25.8 Å². The molecule has 8 bridgehead atoms. The fourth-order valence-corrected chi connectivity index (χ4v) is 10.3. The van der Waals surface area contributed by atoms with Crippen LogP contribution >= 0.6 is 0 Å². The second kappa shape index (κ2) is 18.9. The maximum absolute atomic E-state index is 12.2. The number of fused-ring (bicyclic) bond motifs is 8. The molecule has 3 aromatic heterocycles. The van der Waals surface area contributed by atoms with Crippen LogP contribution in [0, 0.1) is 0 Å². The molecule has 9 rings (SSSR count). The highest BCUT2D eigenvalue weighted by Gasteiger charge is 2.28. The lowest BCUT2D eigenvalue weighted by atomic mass is 9.78. The number of aromatic amines is 2. The lowest BCUT2D eigenvalue weighted by Crippen LogP contribution is -2.16. The van der Waals surface area contributed by atoms with Gasteiger partial charge in [-0.3, -0.25) is 4.79 Å². The summed E-state index contributed by atoms with van der Waals surface area (Å²) in [6.07, 6.45) is 8.78. The molecule has 0 spiro atoms. The van der Waals surface area contributed by atoms with Crippen molar-refractivity contribution >= 4 is 58.0 Å². The SMILES string of the molecule is CC(=O)Nc1ccc(-c2c3nc(c(-c4cc(C(C)(C)C)cc(C(C)(C)C)c4)c4ccc([nH]4)c(-c4cc(C(C)(C)C)cc(C(C)(C)C)c4)c4nc(c(-c5cc(C(C)(C)C)cc(C(C)(C)C)c5)c5ccc2[nH]5)C=C4)C=C3)cc1. The Bertz CT molecular complexity index is 3510. The third-order valence-electron chi connectivity index (χ3n) is 15.1. The Morgan fingerprint density at radius 1 is 0.342 bits per heavy atom. The lowest BCUT2D eigenvalue weighted by molar-refractivity contribution is -0.114. The van der Waals surface area contributed by atoms with Crippen LogP contribution in [0.2, 0.25) is 0 Å². The first-order chi connectivity index (χ1) is 35.2. The van der Waals surface area contributed by atoms with Crippen molar-refractivity contribution in [2.45, 2.75) is 164 Å². The largest absolute Gasteiger partial charge is 0.354 e. The quantitative estimate of drug-likeness (QED) is 0.161. The number of hydrogen-bond donors (Lipinski definition) is 3. The van der Waals surface area contributed by atoms with E-state index in [0.717, 1.165) is 95.0 Å². The molecule has 0 saturated carbocycles. The number of carbonyl (C=O) groups excluding carboxylic acids is 1. The summed E-state index contributed by atoms with van der Waals surface area (Å²) in [5.41, 5.74) is 23.3. The molecule has 0 fully saturated rings. The Morgan fingerprint density at radius 3 is 0.803 bits per heavy atom. The van der Waals surface area contributed by atoms with Crippen LogP contribution in [0.15, 0.2) is 103 Å². The van der Waals surface area contributed by atoms with Crippen LogP contribution in [0.5, 0.6) is 0 Å². The van der Waals surface area contributed by atoms with Crippen LogP contribution in [0.25, 0.3) is 90.9 Å². The van der Waals surface area contributed by atoms with Gasteiger partial charge in [0.2, 0.25) is 5.91 Å². The molecule has 7 aromatic rings. The fraction of sp³-hybridized carbons (Fsp3) is 0.357. The number of nitrogens with zero attached hydrogens (tertiary/aromatic N) is 2. The summed E-state index contributed by atoms with van der Waals surface area (Å²) >= 11 is 0. The standard InChI is InChI=1S/C70H81N5O/c1-41(76)71-52-22-20-42(21-23-52)61-53-24-26-55(72-53)62(43-32-46(65(2,3)4)38-47(33-43)66(5,6)7)57-28-30-59(74-57)64(45-36-50(69(14,15)16)40-51(37-45)70(17,18)19)60-31-29-58(75-60)63(56-27-25-54(61)73-56)44-34-48(67(8,9)10)39-49(35-44)68(11,12)13/h20-40,72,75H,1-19H3,(H,71,76). The van der Waals surface area contributed by atoms with Gasteiger partial charge in [-0.15, -0.1) is 0 Å². The van der Waals surface area contributed by atoms with Crippen LogP contribution in [0.3, 0.4) is 0 Å². The molecule has 0 aliphatic carbocycles. The number of benzene rings is 4. The highest BCUT2D eigenvalue weighted by atomic mass is 16.1. The highest BCUT2D eigenvalue weighted by molar-refractivity contribution is 6.00. The molecule has 5 heterocycles. The lowest BCUT2D eigenvalue weighted by Gasteiger charge is -2.26. The predicted octanol–water partition coefficient (Wildman–Crippen LogP) is 19.1. The van der Waals surface area contributed by atoms with Crippen molar-refractivity contribution in [2.75, 3.05) is 5.32 Å².